The molecule has 1 N–H and O–H groups in total. The summed E-state index contributed by atoms with van der Waals surface area (Å²) in [5.74, 6) is -0.584. The number of rotatable bonds is 5. The highest BCUT2D eigenvalue weighted by Gasteiger charge is 2.55. The normalized spacial score (nSPS) is 21.4. The van der Waals surface area contributed by atoms with Crippen LogP contribution in [0.1, 0.15) is 31.4 Å². The van der Waals surface area contributed by atoms with Crippen LogP contribution in [0, 0.1) is 0 Å². The minimum Gasteiger partial charge on any atom is -0.337 e. The first-order chi connectivity index (χ1) is 11.9. The monoisotopic (exact) mass is 341 g/mol. The quantitative estimate of drug-likeness (QED) is 0.656. The number of amides is 4. The zero-order valence-corrected chi connectivity index (χ0v) is 14.7. The number of aryl methyl sites for hydroxylation is 1. The Morgan fingerprint density at radius 2 is 2.08 bits per heavy atom. The highest BCUT2D eigenvalue weighted by Crippen LogP contribution is 2.41. The number of imide groups is 1. The van der Waals surface area contributed by atoms with Crippen LogP contribution in [-0.2, 0) is 21.5 Å². The Morgan fingerprint density at radius 3 is 2.76 bits per heavy atom. The Labute approximate surface area is 147 Å². The summed E-state index contributed by atoms with van der Waals surface area (Å²) in [4.78, 5) is 40.6. The van der Waals surface area contributed by atoms with Gasteiger partial charge in [-0.3, -0.25) is 14.5 Å². The molecule has 3 rings (SSSR count). The number of urea groups is 1. The fourth-order valence-electron chi connectivity index (χ4n) is 3.67. The van der Waals surface area contributed by atoms with Gasteiger partial charge in [0.25, 0.3) is 5.91 Å². The largest absolute Gasteiger partial charge is 0.337 e. The SMILES string of the molecule is C=C(C)CN(CC)C(=O)CN1C(=O)N[C@]2(CCc3ccccc32)C1=O. The third-order valence-corrected chi connectivity index (χ3v) is 4.91. The number of carbonyl (C=O) groups excluding carboxylic acids is 3. The van der Waals surface area contributed by atoms with E-state index in [9.17, 15) is 14.4 Å². The van der Waals surface area contributed by atoms with Crippen LogP contribution < -0.4 is 5.32 Å². The van der Waals surface area contributed by atoms with Crippen molar-refractivity contribution >= 4 is 17.8 Å². The van der Waals surface area contributed by atoms with E-state index in [1.54, 1.807) is 4.90 Å². The molecule has 1 atom stereocenters. The smallest absolute Gasteiger partial charge is 0.325 e. The Hall–Kier alpha value is -2.63. The summed E-state index contributed by atoms with van der Waals surface area (Å²) in [7, 11) is 0. The number of hydrogen-bond acceptors (Lipinski definition) is 3. The molecule has 1 fully saturated rings. The molecular formula is C19H23N3O3. The number of hydrogen-bond donors (Lipinski definition) is 1. The van der Waals surface area contributed by atoms with E-state index in [2.05, 4.69) is 11.9 Å². The molecule has 0 unspecified atom stereocenters. The van der Waals surface area contributed by atoms with Crippen LogP contribution in [0.5, 0.6) is 0 Å². The molecule has 4 amide bonds. The molecule has 2 aliphatic rings. The number of benzene rings is 1. The standard InChI is InChI=1S/C19H23N3O3/c1-4-21(11-13(2)3)16(23)12-22-17(24)19(20-18(22)25)10-9-14-7-5-6-8-15(14)19/h5-8H,2,4,9-12H2,1,3H3,(H,20,25)/t19-/m0/s1. The van der Waals surface area contributed by atoms with E-state index >= 15 is 0 Å². The predicted octanol–water partition coefficient (Wildman–Crippen LogP) is 1.80. The van der Waals surface area contributed by atoms with Gasteiger partial charge in [-0.05, 0) is 37.8 Å². The van der Waals surface area contributed by atoms with Gasteiger partial charge in [0.2, 0.25) is 5.91 Å². The summed E-state index contributed by atoms with van der Waals surface area (Å²) in [5, 5.41) is 2.84. The van der Waals surface area contributed by atoms with Crippen LogP contribution in [-0.4, -0.2) is 47.3 Å². The van der Waals surface area contributed by atoms with Crippen molar-refractivity contribution < 1.29 is 14.4 Å². The molecule has 1 aromatic carbocycles. The van der Waals surface area contributed by atoms with Crippen LogP contribution in [0.4, 0.5) is 4.79 Å². The second kappa shape index (κ2) is 6.35. The van der Waals surface area contributed by atoms with Crippen LogP contribution >= 0.6 is 0 Å². The zero-order valence-electron chi connectivity index (χ0n) is 14.7. The van der Waals surface area contributed by atoms with Gasteiger partial charge in [-0.25, -0.2) is 4.79 Å². The Balaban J connectivity index is 1.81. The van der Waals surface area contributed by atoms with Crippen LogP contribution in [0.3, 0.4) is 0 Å². The van der Waals surface area contributed by atoms with E-state index < -0.39 is 11.6 Å². The van der Waals surface area contributed by atoms with Gasteiger partial charge in [-0.1, -0.05) is 36.4 Å². The summed E-state index contributed by atoms with van der Waals surface area (Å²) in [6.45, 7) is 8.21. The minimum absolute atomic E-state index is 0.240. The van der Waals surface area contributed by atoms with E-state index in [1.165, 1.54) is 0 Å². The fourth-order valence-corrected chi connectivity index (χ4v) is 3.67. The molecule has 1 saturated heterocycles. The number of fused-ring (bicyclic) bond motifs is 2. The molecule has 132 valence electrons. The molecule has 0 saturated carbocycles. The summed E-state index contributed by atoms with van der Waals surface area (Å²) in [6.07, 6.45) is 1.27. The Morgan fingerprint density at radius 1 is 1.36 bits per heavy atom. The van der Waals surface area contributed by atoms with Crippen LogP contribution in [0.15, 0.2) is 36.4 Å². The maximum Gasteiger partial charge on any atom is 0.325 e. The molecular weight excluding hydrogens is 318 g/mol. The Kier molecular flexibility index (Phi) is 4.37. The first-order valence-corrected chi connectivity index (χ1v) is 8.53. The predicted molar refractivity (Wildman–Crippen MR) is 93.8 cm³/mol. The average Bonchev–Trinajstić information content (AvgIpc) is 3.06. The topological polar surface area (TPSA) is 69.7 Å². The van der Waals surface area contributed by atoms with Gasteiger partial charge in [0, 0.05) is 13.1 Å². The lowest BCUT2D eigenvalue weighted by molar-refractivity contribution is -0.138. The molecule has 6 heteroatoms. The minimum atomic E-state index is -1.01. The zero-order chi connectivity index (χ0) is 18.2. The van der Waals surface area contributed by atoms with Gasteiger partial charge in [-0.2, -0.15) is 0 Å². The molecule has 6 nitrogen and oxygen atoms in total. The van der Waals surface area contributed by atoms with E-state index in [0.29, 0.717) is 19.5 Å². The molecule has 1 aromatic rings. The third kappa shape index (κ3) is 2.81. The van der Waals surface area contributed by atoms with E-state index in [0.717, 1.165) is 28.0 Å². The van der Waals surface area contributed by atoms with Crippen molar-refractivity contribution in [1.29, 1.82) is 0 Å². The van der Waals surface area contributed by atoms with Crippen molar-refractivity contribution in [2.45, 2.75) is 32.2 Å². The van der Waals surface area contributed by atoms with Gasteiger partial charge in [0.1, 0.15) is 12.1 Å². The molecule has 1 aliphatic carbocycles. The molecule has 1 spiro atoms. The maximum atomic E-state index is 13.0. The first kappa shape index (κ1) is 17.2. The van der Waals surface area contributed by atoms with Crippen LogP contribution in [0.25, 0.3) is 0 Å². The van der Waals surface area contributed by atoms with Crippen molar-refractivity contribution in [1.82, 2.24) is 15.1 Å². The lowest BCUT2D eigenvalue weighted by Gasteiger charge is -2.24. The summed E-state index contributed by atoms with van der Waals surface area (Å²) >= 11 is 0. The highest BCUT2D eigenvalue weighted by atomic mass is 16.2. The second-order valence-corrected chi connectivity index (χ2v) is 6.75. The number of likely N-dealkylation sites (N-methyl/N-ethyl adjacent to an activating group) is 1. The van der Waals surface area contributed by atoms with E-state index in [1.807, 2.05) is 38.1 Å². The van der Waals surface area contributed by atoms with Gasteiger partial charge < -0.3 is 10.2 Å². The molecule has 25 heavy (non-hydrogen) atoms. The molecule has 0 radical (unpaired) electrons. The van der Waals surface area contributed by atoms with Gasteiger partial charge in [0.15, 0.2) is 0 Å². The molecule has 0 bridgehead atoms. The van der Waals surface area contributed by atoms with Crippen molar-refractivity contribution in [2.24, 2.45) is 0 Å². The van der Waals surface area contributed by atoms with Gasteiger partial charge >= 0.3 is 6.03 Å². The number of carbonyl (C=O) groups is 3. The summed E-state index contributed by atoms with van der Waals surface area (Å²) in [6, 6.07) is 7.15. The average molecular weight is 341 g/mol. The van der Waals surface area contributed by atoms with Crippen molar-refractivity contribution in [3.8, 4) is 0 Å². The van der Waals surface area contributed by atoms with Gasteiger partial charge in [0.05, 0.1) is 0 Å². The number of nitrogens with zero attached hydrogens (tertiary/aromatic N) is 2. The van der Waals surface area contributed by atoms with E-state index in [-0.39, 0.29) is 18.4 Å². The molecule has 1 aliphatic heterocycles. The van der Waals surface area contributed by atoms with Crippen molar-refractivity contribution in [3.05, 3.63) is 47.5 Å². The lowest BCUT2D eigenvalue weighted by Crippen LogP contribution is -2.45. The highest BCUT2D eigenvalue weighted by molar-refractivity contribution is 6.09. The second-order valence-electron chi connectivity index (χ2n) is 6.75. The molecule has 1 heterocycles. The van der Waals surface area contributed by atoms with E-state index in [4.69, 9.17) is 0 Å². The Bertz CT molecular complexity index is 758. The fraction of sp³-hybridized carbons (Fsp3) is 0.421. The van der Waals surface area contributed by atoms with Crippen molar-refractivity contribution in [3.63, 3.8) is 0 Å². The van der Waals surface area contributed by atoms with Crippen molar-refractivity contribution in [2.75, 3.05) is 19.6 Å². The molecule has 0 aromatic heterocycles. The number of nitrogens with one attached hydrogen (secondary N) is 1. The first-order valence-electron chi connectivity index (χ1n) is 8.53. The summed E-state index contributed by atoms with van der Waals surface area (Å²) in [5.41, 5.74) is 1.76. The lowest BCUT2D eigenvalue weighted by atomic mass is 9.92. The third-order valence-electron chi connectivity index (χ3n) is 4.91. The van der Waals surface area contributed by atoms with Crippen LogP contribution in [0.2, 0.25) is 0 Å². The summed E-state index contributed by atoms with van der Waals surface area (Å²) < 4.78 is 0. The maximum absolute atomic E-state index is 13.0. The van der Waals surface area contributed by atoms with Gasteiger partial charge in [-0.15, -0.1) is 0 Å².